The van der Waals surface area contributed by atoms with Crippen molar-refractivity contribution in [3.05, 3.63) is 29.8 Å². The van der Waals surface area contributed by atoms with Gasteiger partial charge in [0.2, 0.25) is 5.91 Å². The van der Waals surface area contributed by atoms with Gasteiger partial charge in [0, 0.05) is 6.54 Å². The summed E-state index contributed by atoms with van der Waals surface area (Å²) in [6.07, 6.45) is -1.07. The Hall–Kier alpha value is -2.08. The molecule has 1 N–H and O–H groups in total. The van der Waals surface area contributed by atoms with Crippen LogP contribution in [0.5, 0.6) is 5.75 Å². The van der Waals surface area contributed by atoms with Crippen molar-refractivity contribution >= 4 is 11.9 Å². The van der Waals surface area contributed by atoms with E-state index < -0.39 is 18.1 Å². The molecule has 1 heterocycles. The van der Waals surface area contributed by atoms with Crippen LogP contribution in [0, 0.1) is 0 Å². The number of carbonyl (C=O) groups excluding carboxylic acids is 1. The fourth-order valence-electron chi connectivity index (χ4n) is 2.54. The van der Waals surface area contributed by atoms with E-state index in [0.29, 0.717) is 24.5 Å². The molecule has 114 valence electrons. The van der Waals surface area contributed by atoms with E-state index in [1.807, 2.05) is 13.8 Å². The number of carbonyl (C=O) groups is 2. The molecule has 1 fully saturated rings. The first-order valence-electron chi connectivity index (χ1n) is 6.95. The topological polar surface area (TPSA) is 76.1 Å². The molecule has 0 aliphatic carbocycles. The van der Waals surface area contributed by atoms with Crippen molar-refractivity contribution in [3.63, 3.8) is 0 Å². The summed E-state index contributed by atoms with van der Waals surface area (Å²) < 4.78 is 10.7. The van der Waals surface area contributed by atoms with Crippen molar-refractivity contribution in [2.24, 2.45) is 0 Å². The van der Waals surface area contributed by atoms with Gasteiger partial charge >= 0.3 is 5.97 Å². The normalized spacial score (nSPS) is 22.2. The molecule has 2 atom stereocenters. The molecule has 0 spiro atoms. The predicted octanol–water partition coefficient (Wildman–Crippen LogP) is 1.46. The van der Waals surface area contributed by atoms with E-state index in [0.717, 1.165) is 0 Å². The number of rotatable bonds is 5. The Morgan fingerprint density at radius 1 is 1.48 bits per heavy atom. The summed E-state index contributed by atoms with van der Waals surface area (Å²) in [6.45, 7) is 4.44. The fourth-order valence-corrected chi connectivity index (χ4v) is 2.54. The van der Waals surface area contributed by atoms with Crippen LogP contribution in [0.1, 0.15) is 25.5 Å². The second-order valence-electron chi connectivity index (χ2n) is 4.70. The highest BCUT2D eigenvalue weighted by Gasteiger charge is 2.41. The average Bonchev–Trinajstić information content (AvgIpc) is 2.47. The van der Waals surface area contributed by atoms with Gasteiger partial charge in [0.05, 0.1) is 12.6 Å². The van der Waals surface area contributed by atoms with Gasteiger partial charge in [-0.1, -0.05) is 12.1 Å². The highest BCUT2D eigenvalue weighted by molar-refractivity contribution is 5.83. The Kier molecular flexibility index (Phi) is 4.80. The average molecular weight is 293 g/mol. The summed E-state index contributed by atoms with van der Waals surface area (Å²) >= 11 is 0. The quantitative estimate of drug-likeness (QED) is 0.889. The molecule has 0 bridgehead atoms. The Balaban J connectivity index is 2.40. The molecule has 21 heavy (non-hydrogen) atoms. The number of hydrogen-bond donors (Lipinski definition) is 1. The van der Waals surface area contributed by atoms with Gasteiger partial charge in [-0.15, -0.1) is 0 Å². The van der Waals surface area contributed by atoms with Crippen molar-refractivity contribution in [2.75, 3.05) is 19.8 Å². The van der Waals surface area contributed by atoms with Crippen LogP contribution in [-0.4, -0.2) is 47.7 Å². The van der Waals surface area contributed by atoms with E-state index in [-0.39, 0.29) is 12.5 Å². The smallest absolute Gasteiger partial charge is 0.335 e. The first-order valence-corrected chi connectivity index (χ1v) is 6.95. The lowest BCUT2D eigenvalue weighted by Crippen LogP contribution is -2.51. The minimum absolute atomic E-state index is 0.202. The minimum atomic E-state index is -1.08. The summed E-state index contributed by atoms with van der Waals surface area (Å²) in [6, 6.07) is 6.48. The van der Waals surface area contributed by atoms with Crippen LogP contribution < -0.4 is 4.74 Å². The van der Waals surface area contributed by atoms with Crippen LogP contribution in [0.25, 0.3) is 0 Å². The maximum absolute atomic E-state index is 12.0. The Bertz CT molecular complexity index is 529. The molecular formula is C15H19NO5. The van der Waals surface area contributed by atoms with E-state index in [2.05, 4.69) is 0 Å². The lowest BCUT2D eigenvalue weighted by molar-refractivity contribution is -0.172. The van der Waals surface area contributed by atoms with Crippen LogP contribution in [0.2, 0.25) is 0 Å². The molecule has 1 aliphatic heterocycles. The number of morpholine rings is 1. The molecule has 2 rings (SSSR count). The van der Waals surface area contributed by atoms with Crippen LogP contribution in [-0.2, 0) is 14.3 Å². The van der Waals surface area contributed by atoms with Crippen LogP contribution >= 0.6 is 0 Å². The molecule has 1 aromatic rings. The lowest BCUT2D eigenvalue weighted by Gasteiger charge is -2.39. The first-order chi connectivity index (χ1) is 10.1. The number of carboxylic acid groups (broad SMARTS) is 1. The van der Waals surface area contributed by atoms with E-state index in [1.165, 1.54) is 4.90 Å². The molecule has 1 aliphatic rings. The number of ether oxygens (including phenoxy) is 2. The Morgan fingerprint density at radius 3 is 2.86 bits per heavy atom. The zero-order chi connectivity index (χ0) is 15.4. The van der Waals surface area contributed by atoms with Crippen LogP contribution in [0.4, 0.5) is 0 Å². The van der Waals surface area contributed by atoms with Gasteiger partial charge in [-0.05, 0) is 31.5 Å². The number of nitrogens with zero attached hydrogens (tertiary/aromatic N) is 1. The molecule has 1 saturated heterocycles. The van der Waals surface area contributed by atoms with E-state index >= 15 is 0 Å². The maximum atomic E-state index is 12.0. The summed E-state index contributed by atoms with van der Waals surface area (Å²) in [4.78, 5) is 24.9. The number of aliphatic carboxylic acids is 1. The van der Waals surface area contributed by atoms with E-state index in [9.17, 15) is 14.7 Å². The standard InChI is InChI=1S/C15H19NO5/c1-3-16-12(17)9-21-14(15(18)19)13(16)10-6-5-7-11(8-10)20-4-2/h5-8,13-14H,3-4,9H2,1-2H3,(H,18,19). The fraction of sp³-hybridized carbons (Fsp3) is 0.467. The number of carboxylic acids is 1. The van der Waals surface area contributed by atoms with Gasteiger partial charge in [0.1, 0.15) is 12.4 Å². The maximum Gasteiger partial charge on any atom is 0.335 e. The molecule has 1 amide bonds. The van der Waals surface area contributed by atoms with Gasteiger partial charge < -0.3 is 19.5 Å². The number of hydrogen-bond acceptors (Lipinski definition) is 4. The zero-order valence-corrected chi connectivity index (χ0v) is 12.1. The van der Waals surface area contributed by atoms with Gasteiger partial charge in [-0.25, -0.2) is 4.79 Å². The van der Waals surface area contributed by atoms with Crippen molar-refractivity contribution < 1.29 is 24.2 Å². The molecule has 0 saturated carbocycles. The third-order valence-electron chi connectivity index (χ3n) is 3.42. The van der Waals surface area contributed by atoms with E-state index in [4.69, 9.17) is 9.47 Å². The van der Waals surface area contributed by atoms with Crippen molar-refractivity contribution in [1.29, 1.82) is 0 Å². The van der Waals surface area contributed by atoms with Gasteiger partial charge in [0.15, 0.2) is 6.10 Å². The van der Waals surface area contributed by atoms with Gasteiger partial charge in [0.25, 0.3) is 0 Å². The number of likely N-dealkylation sites (N-methyl/N-ethyl adjacent to an activating group) is 1. The molecule has 6 nitrogen and oxygen atoms in total. The summed E-state index contributed by atoms with van der Waals surface area (Å²) in [5.41, 5.74) is 0.697. The SMILES string of the molecule is CCOc1cccc(C2C(C(=O)O)OCC(=O)N2CC)c1. The largest absolute Gasteiger partial charge is 0.494 e. The minimum Gasteiger partial charge on any atom is -0.494 e. The van der Waals surface area contributed by atoms with Crippen molar-refractivity contribution in [2.45, 2.75) is 26.0 Å². The monoisotopic (exact) mass is 293 g/mol. The highest BCUT2D eigenvalue weighted by atomic mass is 16.5. The molecule has 0 aromatic heterocycles. The first kappa shape index (κ1) is 15.3. The molecular weight excluding hydrogens is 274 g/mol. The summed E-state index contributed by atoms with van der Waals surface area (Å²) in [7, 11) is 0. The Morgan fingerprint density at radius 2 is 2.24 bits per heavy atom. The predicted molar refractivity (Wildman–Crippen MR) is 75.1 cm³/mol. The highest BCUT2D eigenvalue weighted by Crippen LogP contribution is 2.32. The molecule has 2 unspecified atom stereocenters. The van der Waals surface area contributed by atoms with Gasteiger partial charge in [-0.3, -0.25) is 4.79 Å². The van der Waals surface area contributed by atoms with E-state index in [1.54, 1.807) is 24.3 Å². The van der Waals surface area contributed by atoms with Crippen LogP contribution in [0.15, 0.2) is 24.3 Å². The van der Waals surface area contributed by atoms with Crippen molar-refractivity contribution in [3.8, 4) is 5.75 Å². The Labute approximate surface area is 123 Å². The molecule has 1 aromatic carbocycles. The molecule has 6 heteroatoms. The second kappa shape index (κ2) is 6.58. The summed E-state index contributed by atoms with van der Waals surface area (Å²) in [5.74, 6) is -0.636. The summed E-state index contributed by atoms with van der Waals surface area (Å²) in [5, 5.41) is 9.35. The van der Waals surface area contributed by atoms with Crippen molar-refractivity contribution in [1.82, 2.24) is 4.90 Å². The molecule has 0 radical (unpaired) electrons. The number of amides is 1. The van der Waals surface area contributed by atoms with Crippen LogP contribution in [0.3, 0.4) is 0 Å². The zero-order valence-electron chi connectivity index (χ0n) is 12.1. The third-order valence-corrected chi connectivity index (χ3v) is 3.42. The number of benzene rings is 1. The van der Waals surface area contributed by atoms with Gasteiger partial charge in [-0.2, -0.15) is 0 Å². The third kappa shape index (κ3) is 3.16. The second-order valence-corrected chi connectivity index (χ2v) is 4.70. The lowest BCUT2D eigenvalue weighted by atomic mass is 9.97.